The Bertz CT molecular complexity index is 579. The molecule has 2 atom stereocenters. The summed E-state index contributed by atoms with van der Waals surface area (Å²) in [5, 5.41) is 3.54. The molecule has 0 aliphatic heterocycles. The summed E-state index contributed by atoms with van der Waals surface area (Å²) in [6, 6.07) is 7.47. The van der Waals surface area contributed by atoms with E-state index in [1.54, 1.807) is 19.1 Å². The van der Waals surface area contributed by atoms with Crippen LogP contribution in [0.3, 0.4) is 0 Å². The standard InChI is InChI=1S/C16H26N2O2S/c1-5-17-21(19,20)14-8-6-13(7-9-14)18-15-11-16(3,4)10-12(15)2/h6-9,12,15,17-18H,5,10-11H2,1-4H3. The molecule has 0 heterocycles. The van der Waals surface area contributed by atoms with Gasteiger partial charge in [-0.05, 0) is 48.4 Å². The van der Waals surface area contributed by atoms with Crippen LogP contribution in [0.15, 0.2) is 29.2 Å². The van der Waals surface area contributed by atoms with E-state index >= 15 is 0 Å². The highest BCUT2D eigenvalue weighted by Gasteiger charge is 2.36. The lowest BCUT2D eigenvalue weighted by Crippen LogP contribution is -2.24. The number of nitrogens with one attached hydrogen (secondary N) is 2. The number of sulfonamides is 1. The first-order valence-corrected chi connectivity index (χ1v) is 9.08. The molecule has 0 amide bonds. The number of hydrogen-bond acceptors (Lipinski definition) is 3. The number of anilines is 1. The lowest BCUT2D eigenvalue weighted by Gasteiger charge is -2.20. The molecule has 0 bridgehead atoms. The molecule has 0 radical (unpaired) electrons. The predicted molar refractivity (Wildman–Crippen MR) is 86.9 cm³/mol. The fraction of sp³-hybridized carbons (Fsp3) is 0.625. The van der Waals surface area contributed by atoms with Gasteiger partial charge in [0, 0.05) is 18.3 Å². The van der Waals surface area contributed by atoms with Crippen molar-refractivity contribution in [3.63, 3.8) is 0 Å². The van der Waals surface area contributed by atoms with Gasteiger partial charge >= 0.3 is 0 Å². The largest absolute Gasteiger partial charge is 0.382 e. The van der Waals surface area contributed by atoms with Gasteiger partial charge in [-0.3, -0.25) is 0 Å². The minimum Gasteiger partial charge on any atom is -0.382 e. The first-order chi connectivity index (χ1) is 9.73. The van der Waals surface area contributed by atoms with E-state index in [9.17, 15) is 8.42 Å². The second-order valence-electron chi connectivity index (χ2n) is 6.83. The van der Waals surface area contributed by atoms with Crippen molar-refractivity contribution in [1.29, 1.82) is 0 Å². The number of benzene rings is 1. The van der Waals surface area contributed by atoms with E-state index in [1.807, 2.05) is 12.1 Å². The summed E-state index contributed by atoms with van der Waals surface area (Å²) in [5.41, 5.74) is 1.37. The summed E-state index contributed by atoms with van der Waals surface area (Å²) in [4.78, 5) is 0.315. The highest BCUT2D eigenvalue weighted by molar-refractivity contribution is 7.89. The van der Waals surface area contributed by atoms with Crippen molar-refractivity contribution < 1.29 is 8.42 Å². The average molecular weight is 310 g/mol. The first kappa shape index (κ1) is 16.3. The van der Waals surface area contributed by atoms with Crippen molar-refractivity contribution in [3.05, 3.63) is 24.3 Å². The average Bonchev–Trinajstić information content (AvgIpc) is 2.63. The van der Waals surface area contributed by atoms with Crippen LogP contribution < -0.4 is 10.0 Å². The van der Waals surface area contributed by atoms with E-state index < -0.39 is 10.0 Å². The molecule has 1 fully saturated rings. The molecular formula is C16H26N2O2S. The second-order valence-corrected chi connectivity index (χ2v) is 8.59. The van der Waals surface area contributed by atoms with Crippen LogP contribution in [0.4, 0.5) is 5.69 Å². The third-order valence-electron chi connectivity index (χ3n) is 4.18. The van der Waals surface area contributed by atoms with Gasteiger partial charge < -0.3 is 5.32 Å². The van der Waals surface area contributed by atoms with Gasteiger partial charge in [-0.2, -0.15) is 0 Å². The van der Waals surface area contributed by atoms with Crippen LogP contribution in [-0.4, -0.2) is 21.0 Å². The minimum atomic E-state index is -3.36. The third-order valence-corrected chi connectivity index (χ3v) is 5.75. The van der Waals surface area contributed by atoms with Gasteiger partial charge in [0.1, 0.15) is 0 Å². The lowest BCUT2D eigenvalue weighted by molar-refractivity contribution is 0.366. The monoisotopic (exact) mass is 310 g/mol. The van der Waals surface area contributed by atoms with Crippen molar-refractivity contribution in [3.8, 4) is 0 Å². The molecular weight excluding hydrogens is 284 g/mol. The summed E-state index contributed by atoms with van der Waals surface area (Å²) < 4.78 is 26.3. The van der Waals surface area contributed by atoms with Crippen LogP contribution in [0.1, 0.15) is 40.5 Å². The van der Waals surface area contributed by atoms with E-state index in [-0.39, 0.29) is 0 Å². The molecule has 1 aromatic rings. The molecule has 2 rings (SSSR count). The van der Waals surface area contributed by atoms with Crippen molar-refractivity contribution in [2.75, 3.05) is 11.9 Å². The van der Waals surface area contributed by atoms with Gasteiger partial charge in [-0.1, -0.05) is 27.7 Å². The van der Waals surface area contributed by atoms with Crippen LogP contribution >= 0.6 is 0 Å². The second kappa shape index (κ2) is 5.97. The molecule has 0 aromatic heterocycles. The van der Waals surface area contributed by atoms with E-state index in [2.05, 4.69) is 30.8 Å². The smallest absolute Gasteiger partial charge is 0.240 e. The minimum absolute atomic E-state index is 0.315. The summed E-state index contributed by atoms with van der Waals surface area (Å²) in [6.07, 6.45) is 2.36. The van der Waals surface area contributed by atoms with Gasteiger partial charge in [0.25, 0.3) is 0 Å². The zero-order valence-corrected chi connectivity index (χ0v) is 14.1. The van der Waals surface area contributed by atoms with Gasteiger partial charge in [0.2, 0.25) is 10.0 Å². The van der Waals surface area contributed by atoms with Crippen LogP contribution in [0, 0.1) is 11.3 Å². The van der Waals surface area contributed by atoms with Crippen LogP contribution in [0.25, 0.3) is 0 Å². The Morgan fingerprint density at radius 1 is 1.19 bits per heavy atom. The number of rotatable bonds is 5. The van der Waals surface area contributed by atoms with Crippen molar-refractivity contribution in [1.82, 2.24) is 4.72 Å². The molecule has 0 spiro atoms. The fourth-order valence-corrected chi connectivity index (χ4v) is 4.35. The molecule has 2 N–H and O–H groups in total. The van der Waals surface area contributed by atoms with Crippen molar-refractivity contribution in [2.24, 2.45) is 11.3 Å². The third kappa shape index (κ3) is 3.98. The number of hydrogen-bond donors (Lipinski definition) is 2. The SMILES string of the molecule is CCNS(=O)(=O)c1ccc(NC2CC(C)(C)CC2C)cc1. The Labute approximate surface area is 128 Å². The Balaban J connectivity index is 2.07. The topological polar surface area (TPSA) is 58.2 Å². The van der Waals surface area contributed by atoms with Gasteiger partial charge in [0.05, 0.1) is 4.90 Å². The normalized spacial score (nSPS) is 25.0. The van der Waals surface area contributed by atoms with Crippen LogP contribution in [-0.2, 0) is 10.0 Å². The lowest BCUT2D eigenvalue weighted by atomic mass is 9.91. The fourth-order valence-electron chi connectivity index (χ4n) is 3.30. The molecule has 2 unspecified atom stereocenters. The maximum atomic E-state index is 11.9. The maximum absolute atomic E-state index is 11.9. The van der Waals surface area contributed by atoms with E-state index in [1.165, 1.54) is 6.42 Å². The Morgan fingerprint density at radius 2 is 1.81 bits per heavy atom. The molecule has 5 heteroatoms. The van der Waals surface area contributed by atoms with Gasteiger partial charge in [0.15, 0.2) is 0 Å². The van der Waals surface area contributed by atoms with Gasteiger partial charge in [-0.25, -0.2) is 13.1 Å². The zero-order valence-electron chi connectivity index (χ0n) is 13.3. The first-order valence-electron chi connectivity index (χ1n) is 7.60. The van der Waals surface area contributed by atoms with Crippen LogP contribution in [0.5, 0.6) is 0 Å². The highest BCUT2D eigenvalue weighted by Crippen LogP contribution is 2.42. The Hall–Kier alpha value is -1.07. The molecule has 1 aromatic carbocycles. The molecule has 0 saturated heterocycles. The molecule has 1 saturated carbocycles. The quantitative estimate of drug-likeness (QED) is 0.878. The molecule has 118 valence electrons. The van der Waals surface area contributed by atoms with E-state index in [4.69, 9.17) is 0 Å². The Kier molecular flexibility index (Phi) is 4.63. The van der Waals surface area contributed by atoms with Crippen LogP contribution in [0.2, 0.25) is 0 Å². The summed E-state index contributed by atoms with van der Waals surface area (Å²) in [6.45, 7) is 9.05. The van der Waals surface area contributed by atoms with Crippen molar-refractivity contribution >= 4 is 15.7 Å². The predicted octanol–water partition coefficient (Wildman–Crippen LogP) is 3.22. The molecule has 1 aliphatic rings. The van der Waals surface area contributed by atoms with E-state index in [0.29, 0.717) is 28.8 Å². The molecule has 1 aliphatic carbocycles. The summed E-state index contributed by atoms with van der Waals surface area (Å²) in [7, 11) is -3.36. The Morgan fingerprint density at radius 3 is 2.29 bits per heavy atom. The zero-order chi connectivity index (χ0) is 15.7. The highest BCUT2D eigenvalue weighted by atomic mass is 32.2. The van der Waals surface area contributed by atoms with Crippen molar-refractivity contribution in [2.45, 2.75) is 51.5 Å². The summed E-state index contributed by atoms with van der Waals surface area (Å²) >= 11 is 0. The summed E-state index contributed by atoms with van der Waals surface area (Å²) in [5.74, 6) is 0.630. The van der Waals surface area contributed by atoms with E-state index in [0.717, 1.165) is 12.1 Å². The maximum Gasteiger partial charge on any atom is 0.240 e. The van der Waals surface area contributed by atoms with Gasteiger partial charge in [-0.15, -0.1) is 0 Å². The molecule has 4 nitrogen and oxygen atoms in total. The molecule has 21 heavy (non-hydrogen) atoms.